The molecule has 0 unspecified atom stereocenters. The van der Waals surface area contributed by atoms with Crippen LogP contribution in [0.25, 0.3) is 0 Å². The number of carbonyl (C=O) groups excluding carboxylic acids is 3. The molecule has 0 aliphatic rings. The van der Waals surface area contributed by atoms with Crippen LogP contribution in [-0.2, 0) is 30.9 Å². The zero-order chi connectivity index (χ0) is 14.9. The van der Waals surface area contributed by atoms with Crippen molar-refractivity contribution in [1.29, 1.82) is 0 Å². The van der Waals surface area contributed by atoms with Gasteiger partial charge < -0.3 is 9.80 Å². The van der Waals surface area contributed by atoms with Crippen molar-refractivity contribution >= 4 is 17.3 Å². The third kappa shape index (κ3) is 15.4. The number of hydrogen-bond donors (Lipinski definition) is 0. The van der Waals surface area contributed by atoms with Crippen LogP contribution >= 0.6 is 0 Å². The first-order valence-electron chi connectivity index (χ1n) is 5.90. The van der Waals surface area contributed by atoms with Crippen LogP contribution in [0, 0.1) is 5.92 Å². The van der Waals surface area contributed by atoms with Gasteiger partial charge in [-0.1, -0.05) is 0 Å². The van der Waals surface area contributed by atoms with E-state index in [-0.39, 0.29) is 33.8 Å². The first-order chi connectivity index (χ1) is 8.09. The molecule has 0 bridgehead atoms. The molecule has 116 valence electrons. The predicted molar refractivity (Wildman–Crippen MR) is 72.6 cm³/mol. The SMILES string of the molecule is CC(=O)C(C(C)=O)C(C)=O.CN(C)CCN(C)C.[Ni]. The third-order valence-electron chi connectivity index (χ3n) is 2.21. The Morgan fingerprint density at radius 1 is 0.737 bits per heavy atom. The van der Waals surface area contributed by atoms with Crippen molar-refractivity contribution in [3.63, 3.8) is 0 Å². The van der Waals surface area contributed by atoms with Gasteiger partial charge in [0.1, 0.15) is 23.3 Å². The summed E-state index contributed by atoms with van der Waals surface area (Å²) in [7, 11) is 8.35. The Morgan fingerprint density at radius 3 is 1.00 bits per heavy atom. The first-order valence-corrected chi connectivity index (χ1v) is 5.90. The molecular formula is C13H26N2NiO3. The first kappa shape index (κ1) is 23.5. The summed E-state index contributed by atoms with van der Waals surface area (Å²) in [5.74, 6) is -2.15. The normalized spacial score (nSPS) is 9.79. The zero-order valence-electron chi connectivity index (χ0n) is 12.9. The quantitative estimate of drug-likeness (QED) is 0.527. The van der Waals surface area contributed by atoms with Crippen LogP contribution in [0.5, 0.6) is 0 Å². The fourth-order valence-corrected chi connectivity index (χ4v) is 1.26. The van der Waals surface area contributed by atoms with Crippen molar-refractivity contribution in [2.45, 2.75) is 20.8 Å². The van der Waals surface area contributed by atoms with Crippen molar-refractivity contribution in [2.75, 3.05) is 41.3 Å². The second kappa shape index (κ2) is 12.5. The number of nitrogens with zero attached hydrogens (tertiary/aromatic N) is 2. The summed E-state index contributed by atoms with van der Waals surface area (Å²) in [6.45, 7) is 6.02. The van der Waals surface area contributed by atoms with Crippen molar-refractivity contribution in [1.82, 2.24) is 9.80 Å². The van der Waals surface area contributed by atoms with E-state index < -0.39 is 5.92 Å². The average Bonchev–Trinajstić information content (AvgIpc) is 2.13. The van der Waals surface area contributed by atoms with Gasteiger partial charge in [0.05, 0.1) is 0 Å². The largest absolute Gasteiger partial charge is 0.308 e. The zero-order valence-corrected chi connectivity index (χ0v) is 13.9. The van der Waals surface area contributed by atoms with Crippen LogP contribution in [0.4, 0.5) is 0 Å². The van der Waals surface area contributed by atoms with E-state index in [1.165, 1.54) is 20.8 Å². The minimum atomic E-state index is -1.03. The van der Waals surface area contributed by atoms with Gasteiger partial charge in [-0.2, -0.15) is 0 Å². The van der Waals surface area contributed by atoms with E-state index in [2.05, 4.69) is 38.0 Å². The van der Waals surface area contributed by atoms with Gasteiger partial charge in [-0.3, -0.25) is 14.4 Å². The average molecular weight is 317 g/mol. The molecule has 0 heterocycles. The number of carbonyl (C=O) groups is 3. The Labute approximate surface area is 126 Å². The molecule has 0 radical (unpaired) electrons. The molecule has 0 aromatic rings. The number of hydrogen-bond acceptors (Lipinski definition) is 5. The molecule has 0 spiro atoms. The Morgan fingerprint density at radius 2 is 0.947 bits per heavy atom. The van der Waals surface area contributed by atoms with Gasteiger partial charge in [-0.25, -0.2) is 0 Å². The maximum atomic E-state index is 10.6. The van der Waals surface area contributed by atoms with Crippen molar-refractivity contribution in [2.24, 2.45) is 5.92 Å². The number of rotatable bonds is 6. The molecule has 0 amide bonds. The van der Waals surface area contributed by atoms with Crippen LogP contribution in [0.3, 0.4) is 0 Å². The van der Waals surface area contributed by atoms with Gasteiger partial charge in [0.25, 0.3) is 0 Å². The van der Waals surface area contributed by atoms with Gasteiger partial charge in [0.2, 0.25) is 0 Å². The van der Waals surface area contributed by atoms with Gasteiger partial charge in [-0.15, -0.1) is 0 Å². The summed E-state index contributed by atoms with van der Waals surface area (Å²) >= 11 is 0. The van der Waals surface area contributed by atoms with Gasteiger partial charge >= 0.3 is 0 Å². The minimum absolute atomic E-state index is 0. The van der Waals surface area contributed by atoms with Crippen LogP contribution < -0.4 is 0 Å². The van der Waals surface area contributed by atoms with Gasteiger partial charge in [0, 0.05) is 29.6 Å². The molecule has 0 rings (SSSR count). The molecule has 0 saturated carbocycles. The van der Waals surface area contributed by atoms with E-state index in [1.54, 1.807) is 0 Å². The van der Waals surface area contributed by atoms with Crippen molar-refractivity contribution in [3.8, 4) is 0 Å². The molecule has 5 nitrogen and oxygen atoms in total. The van der Waals surface area contributed by atoms with Gasteiger partial charge in [-0.05, 0) is 49.0 Å². The minimum Gasteiger partial charge on any atom is -0.308 e. The van der Waals surface area contributed by atoms with E-state index in [9.17, 15) is 14.4 Å². The third-order valence-corrected chi connectivity index (χ3v) is 2.21. The topological polar surface area (TPSA) is 57.7 Å². The number of Topliss-reactive ketones (excluding diaryl/α,β-unsaturated/α-hetero) is 3. The summed E-state index contributed by atoms with van der Waals surface area (Å²) in [4.78, 5) is 36.1. The number of likely N-dealkylation sites (N-methyl/N-ethyl adjacent to an activating group) is 2. The standard InChI is InChI=1S/C7H10O3.C6H16N2.Ni/c1-4(8)7(5(2)9)6(3)10;1-7(2)5-6-8(3)4;/h7H,1-3H3;5-6H2,1-4H3;. The molecule has 0 aromatic heterocycles. The Bertz CT molecular complexity index is 250. The van der Waals surface area contributed by atoms with Crippen molar-refractivity contribution < 1.29 is 30.9 Å². The monoisotopic (exact) mass is 316 g/mol. The van der Waals surface area contributed by atoms with E-state index in [4.69, 9.17) is 0 Å². The second-order valence-electron chi connectivity index (χ2n) is 4.87. The van der Waals surface area contributed by atoms with Crippen LogP contribution in [0.2, 0.25) is 0 Å². The summed E-state index contributed by atoms with van der Waals surface area (Å²) in [6.07, 6.45) is 0. The van der Waals surface area contributed by atoms with E-state index in [1.807, 2.05) is 0 Å². The van der Waals surface area contributed by atoms with Crippen LogP contribution in [-0.4, -0.2) is 68.4 Å². The second-order valence-corrected chi connectivity index (χ2v) is 4.87. The van der Waals surface area contributed by atoms with E-state index >= 15 is 0 Å². The van der Waals surface area contributed by atoms with E-state index in [0.29, 0.717) is 0 Å². The summed E-state index contributed by atoms with van der Waals surface area (Å²) in [5.41, 5.74) is 0. The van der Waals surface area contributed by atoms with Crippen LogP contribution in [0.15, 0.2) is 0 Å². The smallest absolute Gasteiger partial charge is 0.147 e. The molecular weight excluding hydrogens is 291 g/mol. The van der Waals surface area contributed by atoms with Crippen LogP contribution in [0.1, 0.15) is 20.8 Å². The molecule has 6 heteroatoms. The molecule has 0 aliphatic heterocycles. The fourth-order valence-electron chi connectivity index (χ4n) is 1.26. The molecule has 19 heavy (non-hydrogen) atoms. The van der Waals surface area contributed by atoms with E-state index in [0.717, 1.165) is 13.1 Å². The summed E-state index contributed by atoms with van der Waals surface area (Å²) < 4.78 is 0. The number of ketones is 3. The Hall–Kier alpha value is -0.576. The molecule has 0 N–H and O–H groups in total. The predicted octanol–water partition coefficient (Wildman–Crippen LogP) is 0.477. The molecule has 0 aromatic carbocycles. The molecule has 0 aliphatic carbocycles. The fraction of sp³-hybridized carbons (Fsp3) is 0.769. The maximum absolute atomic E-state index is 10.6. The molecule has 0 saturated heterocycles. The maximum Gasteiger partial charge on any atom is 0.147 e. The van der Waals surface area contributed by atoms with Crippen molar-refractivity contribution in [3.05, 3.63) is 0 Å². The van der Waals surface area contributed by atoms with Gasteiger partial charge in [0.15, 0.2) is 0 Å². The Kier molecular flexibility index (Phi) is 15.4. The summed E-state index contributed by atoms with van der Waals surface area (Å²) in [5, 5.41) is 0. The summed E-state index contributed by atoms with van der Waals surface area (Å²) in [6, 6.07) is 0. The molecule has 0 fully saturated rings. The Balaban J connectivity index is -0.000000262. The molecule has 0 atom stereocenters.